The fraction of sp³-hybridized carbons (Fsp3) is 0.0526. The topological polar surface area (TPSA) is 125 Å². The van der Waals surface area contributed by atoms with Crippen molar-refractivity contribution in [3.8, 4) is 0 Å². The standard InChI is InChI=1S/C38H30FN3O5S/c1-24-16-17-28(38(46)47)23-32(24)41-37(45)34(25-10-4-2-5-11-25)48-30-20-18-29(19-21-30)40-36(44)33(22-27-14-8-9-15-31(27)39)42-35(43)26-12-6-3-7-13-26/h2-23,34H,1H3,(H,40,44)(H,41,45)(H,42,43)(H,46,47)/b33-22-. The molecule has 5 aromatic rings. The summed E-state index contributed by atoms with van der Waals surface area (Å²) in [5, 5.41) is 16.9. The maximum Gasteiger partial charge on any atom is 0.335 e. The lowest BCUT2D eigenvalue weighted by atomic mass is 10.1. The second-order valence-electron chi connectivity index (χ2n) is 10.6. The highest BCUT2D eigenvalue weighted by Gasteiger charge is 2.23. The number of carbonyl (C=O) groups is 4. The normalized spacial score (nSPS) is 11.7. The maximum absolute atomic E-state index is 14.5. The van der Waals surface area contributed by atoms with Crippen LogP contribution in [0.1, 0.15) is 42.7 Å². The van der Waals surface area contributed by atoms with E-state index in [1.807, 2.05) is 30.3 Å². The van der Waals surface area contributed by atoms with Crippen molar-refractivity contribution in [1.82, 2.24) is 5.32 Å². The lowest BCUT2D eigenvalue weighted by Gasteiger charge is -2.18. The Balaban J connectivity index is 1.34. The van der Waals surface area contributed by atoms with Gasteiger partial charge in [0.15, 0.2) is 0 Å². The van der Waals surface area contributed by atoms with Crippen molar-refractivity contribution < 1.29 is 28.7 Å². The van der Waals surface area contributed by atoms with E-state index in [1.54, 1.807) is 73.7 Å². The van der Waals surface area contributed by atoms with E-state index in [0.717, 1.165) is 5.56 Å². The van der Waals surface area contributed by atoms with Crippen LogP contribution in [0.25, 0.3) is 6.08 Å². The Kier molecular flexibility index (Phi) is 10.8. The number of hydrogen-bond donors (Lipinski definition) is 4. The molecule has 10 heteroatoms. The number of nitrogens with one attached hydrogen (secondary N) is 3. The van der Waals surface area contributed by atoms with Gasteiger partial charge in [-0.15, -0.1) is 11.8 Å². The molecule has 48 heavy (non-hydrogen) atoms. The van der Waals surface area contributed by atoms with Gasteiger partial charge in [0.25, 0.3) is 11.8 Å². The molecule has 0 radical (unpaired) electrons. The monoisotopic (exact) mass is 659 g/mol. The summed E-state index contributed by atoms with van der Waals surface area (Å²) in [7, 11) is 0. The van der Waals surface area contributed by atoms with Gasteiger partial charge in [-0.25, -0.2) is 9.18 Å². The number of rotatable bonds is 11. The summed E-state index contributed by atoms with van der Waals surface area (Å²) in [5.41, 5.74) is 2.61. The van der Waals surface area contributed by atoms with Crippen molar-refractivity contribution in [2.24, 2.45) is 0 Å². The Hall–Kier alpha value is -6.00. The van der Waals surface area contributed by atoms with Gasteiger partial charge in [-0.05, 0) is 78.7 Å². The Morgan fingerprint density at radius 1 is 0.750 bits per heavy atom. The van der Waals surface area contributed by atoms with Crippen LogP contribution in [0, 0.1) is 12.7 Å². The highest BCUT2D eigenvalue weighted by molar-refractivity contribution is 8.00. The van der Waals surface area contributed by atoms with Gasteiger partial charge in [-0.2, -0.15) is 0 Å². The number of hydrogen-bond acceptors (Lipinski definition) is 5. The first-order valence-electron chi connectivity index (χ1n) is 14.8. The summed E-state index contributed by atoms with van der Waals surface area (Å²) in [6.45, 7) is 1.78. The number of thioether (sulfide) groups is 1. The summed E-state index contributed by atoms with van der Waals surface area (Å²) in [6, 6.07) is 34.7. The minimum Gasteiger partial charge on any atom is -0.478 e. The molecule has 1 atom stereocenters. The quantitative estimate of drug-likeness (QED) is 0.0851. The molecule has 240 valence electrons. The van der Waals surface area contributed by atoms with E-state index in [-0.39, 0.29) is 22.7 Å². The fourth-order valence-electron chi connectivity index (χ4n) is 4.63. The number of carboxylic acid groups (broad SMARTS) is 1. The molecule has 0 heterocycles. The number of carbonyl (C=O) groups excluding carboxylic acids is 3. The molecule has 5 rings (SSSR count). The van der Waals surface area contributed by atoms with Crippen LogP contribution >= 0.6 is 11.8 Å². The van der Waals surface area contributed by atoms with Crippen LogP contribution in [0.5, 0.6) is 0 Å². The van der Waals surface area contributed by atoms with Crippen LogP contribution in [0.4, 0.5) is 15.8 Å². The first kappa shape index (κ1) is 33.4. The molecule has 0 spiro atoms. The van der Waals surface area contributed by atoms with Gasteiger partial charge in [-0.1, -0.05) is 72.8 Å². The highest BCUT2D eigenvalue weighted by Crippen LogP contribution is 2.37. The Bertz CT molecular complexity index is 1980. The second kappa shape index (κ2) is 15.5. The summed E-state index contributed by atoms with van der Waals surface area (Å²) >= 11 is 1.28. The molecule has 0 aliphatic carbocycles. The van der Waals surface area contributed by atoms with Crippen molar-refractivity contribution in [3.05, 3.63) is 167 Å². The van der Waals surface area contributed by atoms with Crippen molar-refractivity contribution in [2.45, 2.75) is 17.1 Å². The molecule has 0 aromatic heterocycles. The SMILES string of the molecule is Cc1ccc(C(=O)O)cc1NC(=O)C(Sc1ccc(NC(=O)/C(=C/c2ccccc2F)NC(=O)c2ccccc2)cc1)c1ccccc1. The zero-order chi connectivity index (χ0) is 34.0. The first-order chi connectivity index (χ1) is 23.2. The summed E-state index contributed by atoms with van der Waals surface area (Å²) in [6.07, 6.45) is 1.27. The molecule has 3 amide bonds. The predicted octanol–water partition coefficient (Wildman–Crippen LogP) is 7.71. The second-order valence-corrected chi connectivity index (χ2v) is 11.8. The molecule has 8 nitrogen and oxygen atoms in total. The lowest BCUT2D eigenvalue weighted by Crippen LogP contribution is -2.30. The number of carboxylic acids is 1. The van der Waals surface area contributed by atoms with Gasteiger partial charge in [0.1, 0.15) is 16.8 Å². The van der Waals surface area contributed by atoms with E-state index in [1.165, 1.54) is 48.2 Å². The first-order valence-corrected chi connectivity index (χ1v) is 15.7. The molecule has 0 bridgehead atoms. The van der Waals surface area contributed by atoms with E-state index in [9.17, 15) is 28.7 Å². The van der Waals surface area contributed by atoms with E-state index < -0.39 is 28.9 Å². The van der Waals surface area contributed by atoms with Crippen LogP contribution in [0.2, 0.25) is 0 Å². The van der Waals surface area contributed by atoms with Crippen molar-refractivity contribution in [3.63, 3.8) is 0 Å². The molecular formula is C38H30FN3O5S. The molecule has 0 aliphatic heterocycles. The van der Waals surface area contributed by atoms with Crippen LogP contribution in [-0.2, 0) is 9.59 Å². The Morgan fingerprint density at radius 2 is 1.40 bits per heavy atom. The number of anilines is 2. The van der Waals surface area contributed by atoms with E-state index >= 15 is 0 Å². The van der Waals surface area contributed by atoms with Crippen molar-refractivity contribution in [2.75, 3.05) is 10.6 Å². The molecule has 1 unspecified atom stereocenters. The zero-order valence-electron chi connectivity index (χ0n) is 25.6. The minimum atomic E-state index is -1.10. The summed E-state index contributed by atoms with van der Waals surface area (Å²) < 4.78 is 14.5. The van der Waals surface area contributed by atoms with Crippen LogP contribution in [0.3, 0.4) is 0 Å². The molecule has 5 aromatic carbocycles. The Morgan fingerprint density at radius 3 is 2.06 bits per heavy atom. The van der Waals surface area contributed by atoms with Gasteiger partial charge in [0, 0.05) is 27.4 Å². The van der Waals surface area contributed by atoms with Crippen LogP contribution in [-0.4, -0.2) is 28.8 Å². The third-order valence-corrected chi connectivity index (χ3v) is 8.45. The van der Waals surface area contributed by atoms with Gasteiger partial charge in [-0.3, -0.25) is 14.4 Å². The van der Waals surface area contributed by atoms with Gasteiger partial charge < -0.3 is 21.1 Å². The summed E-state index contributed by atoms with van der Waals surface area (Å²) in [4.78, 5) is 52.1. The van der Waals surface area contributed by atoms with Crippen LogP contribution < -0.4 is 16.0 Å². The van der Waals surface area contributed by atoms with E-state index in [2.05, 4.69) is 16.0 Å². The zero-order valence-corrected chi connectivity index (χ0v) is 26.5. The highest BCUT2D eigenvalue weighted by atomic mass is 32.2. The van der Waals surface area contributed by atoms with Gasteiger partial charge in [0.2, 0.25) is 5.91 Å². The molecule has 4 N–H and O–H groups in total. The van der Waals surface area contributed by atoms with Crippen molar-refractivity contribution in [1.29, 1.82) is 0 Å². The van der Waals surface area contributed by atoms with Crippen LogP contribution in [0.15, 0.2) is 138 Å². The average molecular weight is 660 g/mol. The largest absolute Gasteiger partial charge is 0.478 e. The van der Waals surface area contributed by atoms with E-state index in [0.29, 0.717) is 27.4 Å². The molecule has 0 fully saturated rings. The molecular weight excluding hydrogens is 629 g/mol. The summed E-state index contributed by atoms with van der Waals surface area (Å²) in [5.74, 6) is -3.19. The minimum absolute atomic E-state index is 0.0592. The average Bonchev–Trinajstić information content (AvgIpc) is 3.10. The third kappa shape index (κ3) is 8.62. The number of aryl methyl sites for hydroxylation is 1. The number of benzene rings is 5. The fourth-order valence-corrected chi connectivity index (χ4v) is 5.65. The Labute approximate surface area is 280 Å². The lowest BCUT2D eigenvalue weighted by molar-refractivity contribution is -0.116. The third-order valence-electron chi connectivity index (χ3n) is 7.18. The number of aromatic carboxylic acids is 1. The molecule has 0 saturated heterocycles. The van der Waals surface area contributed by atoms with E-state index in [4.69, 9.17) is 0 Å². The molecule has 0 aliphatic rings. The van der Waals surface area contributed by atoms with Gasteiger partial charge >= 0.3 is 5.97 Å². The van der Waals surface area contributed by atoms with Gasteiger partial charge in [0.05, 0.1) is 5.56 Å². The number of halogens is 1. The molecule has 0 saturated carbocycles. The maximum atomic E-state index is 14.5. The number of amides is 3. The van der Waals surface area contributed by atoms with Crippen molar-refractivity contribution >= 4 is 52.9 Å². The smallest absolute Gasteiger partial charge is 0.335 e. The predicted molar refractivity (Wildman–Crippen MR) is 185 cm³/mol.